The first-order valence-corrected chi connectivity index (χ1v) is 9.61. The molecule has 0 atom stereocenters. The summed E-state index contributed by atoms with van der Waals surface area (Å²) >= 11 is 0. The Morgan fingerprint density at radius 1 is 1.07 bits per heavy atom. The minimum Gasteiger partial charge on any atom is -0.493 e. The van der Waals surface area contributed by atoms with E-state index in [1.165, 1.54) is 30.5 Å². The predicted octanol–water partition coefficient (Wildman–Crippen LogP) is 2.85. The smallest absolute Gasteiger partial charge is 0.253 e. The van der Waals surface area contributed by atoms with Crippen molar-refractivity contribution in [1.82, 2.24) is 10.3 Å². The first kappa shape index (κ1) is 21.3. The summed E-state index contributed by atoms with van der Waals surface area (Å²) < 4.78 is 23.5. The summed E-state index contributed by atoms with van der Waals surface area (Å²) in [6.45, 7) is 0.932. The Kier molecular flexibility index (Phi) is 7.00. The van der Waals surface area contributed by atoms with Gasteiger partial charge in [0.05, 0.1) is 20.4 Å². The Bertz CT molecular complexity index is 922. The molecule has 1 aliphatic heterocycles. The molecule has 0 spiro atoms. The molecule has 30 heavy (non-hydrogen) atoms. The van der Waals surface area contributed by atoms with Crippen LogP contribution in [-0.4, -0.2) is 50.2 Å². The number of ether oxygens (including phenoxy) is 2. The maximum absolute atomic E-state index is 13.0. The Morgan fingerprint density at radius 2 is 1.73 bits per heavy atom. The van der Waals surface area contributed by atoms with Crippen molar-refractivity contribution in [2.45, 2.75) is 12.8 Å². The molecule has 0 radical (unpaired) electrons. The first-order chi connectivity index (χ1) is 14.5. The van der Waals surface area contributed by atoms with Gasteiger partial charge in [-0.3, -0.25) is 9.59 Å². The number of piperidine rings is 1. The Labute approximate surface area is 174 Å². The number of benzene rings is 2. The molecule has 7 nitrogen and oxygen atoms in total. The molecule has 1 fully saturated rings. The fourth-order valence-electron chi connectivity index (χ4n) is 3.31. The third-order valence-electron chi connectivity index (χ3n) is 5.04. The topological polar surface area (TPSA) is 80.2 Å². The highest BCUT2D eigenvalue weighted by atomic mass is 19.1. The second kappa shape index (κ2) is 9.87. The summed E-state index contributed by atoms with van der Waals surface area (Å²) in [5.41, 5.74) is 3.76. The van der Waals surface area contributed by atoms with E-state index in [0.29, 0.717) is 43.0 Å². The minimum atomic E-state index is -0.379. The number of hydrogen-bond donors (Lipinski definition) is 1. The Balaban J connectivity index is 1.50. The minimum absolute atomic E-state index is 0.152. The highest BCUT2D eigenvalue weighted by molar-refractivity contribution is 5.94. The number of carbonyl (C=O) groups excluding carboxylic acids is 2. The average Bonchev–Trinajstić information content (AvgIpc) is 2.79. The average molecular weight is 413 g/mol. The van der Waals surface area contributed by atoms with E-state index in [4.69, 9.17) is 9.47 Å². The Morgan fingerprint density at radius 3 is 2.37 bits per heavy atom. The first-order valence-electron chi connectivity index (χ1n) is 9.61. The fraction of sp³-hybridized carbons (Fsp3) is 0.318. The number of likely N-dealkylation sites (tertiary alicyclic amines) is 1. The number of hydrazone groups is 1. The zero-order valence-corrected chi connectivity index (χ0v) is 16.9. The highest BCUT2D eigenvalue weighted by Gasteiger charge is 2.27. The summed E-state index contributed by atoms with van der Waals surface area (Å²) in [6.07, 6.45) is 2.63. The number of halogens is 1. The van der Waals surface area contributed by atoms with Crippen molar-refractivity contribution in [3.63, 3.8) is 0 Å². The van der Waals surface area contributed by atoms with Crippen molar-refractivity contribution in [3.8, 4) is 11.5 Å². The van der Waals surface area contributed by atoms with Crippen LogP contribution in [0.1, 0.15) is 28.8 Å². The molecule has 0 aliphatic carbocycles. The Hall–Kier alpha value is -3.42. The van der Waals surface area contributed by atoms with E-state index in [0.717, 1.165) is 5.56 Å². The number of methoxy groups -OCH3 is 2. The van der Waals surface area contributed by atoms with E-state index in [9.17, 15) is 14.0 Å². The van der Waals surface area contributed by atoms with Crippen LogP contribution in [-0.2, 0) is 4.79 Å². The van der Waals surface area contributed by atoms with E-state index < -0.39 is 0 Å². The van der Waals surface area contributed by atoms with Gasteiger partial charge in [-0.2, -0.15) is 5.10 Å². The van der Waals surface area contributed by atoms with E-state index in [1.807, 2.05) is 0 Å². The molecule has 8 heteroatoms. The lowest BCUT2D eigenvalue weighted by Crippen LogP contribution is -2.42. The van der Waals surface area contributed by atoms with Gasteiger partial charge < -0.3 is 14.4 Å². The summed E-state index contributed by atoms with van der Waals surface area (Å²) in [5, 5.41) is 4.02. The summed E-state index contributed by atoms with van der Waals surface area (Å²) in [5.74, 6) is 0.257. The van der Waals surface area contributed by atoms with Gasteiger partial charge in [-0.1, -0.05) is 0 Å². The van der Waals surface area contributed by atoms with Crippen LogP contribution in [0.4, 0.5) is 4.39 Å². The fourth-order valence-corrected chi connectivity index (χ4v) is 3.31. The molecule has 0 aromatic heterocycles. The molecule has 3 rings (SSSR count). The van der Waals surface area contributed by atoms with Gasteiger partial charge in [0.15, 0.2) is 11.5 Å². The number of nitrogens with zero attached hydrogens (tertiary/aromatic N) is 2. The second-order valence-electron chi connectivity index (χ2n) is 6.92. The molecule has 2 aromatic carbocycles. The van der Waals surface area contributed by atoms with Gasteiger partial charge in [0, 0.05) is 24.6 Å². The van der Waals surface area contributed by atoms with Crippen molar-refractivity contribution in [3.05, 3.63) is 59.4 Å². The molecule has 1 saturated heterocycles. The van der Waals surface area contributed by atoms with Crippen LogP contribution in [0.5, 0.6) is 11.5 Å². The number of carbonyl (C=O) groups is 2. The maximum atomic E-state index is 13.0. The molecule has 1 heterocycles. The normalized spacial score (nSPS) is 14.6. The third kappa shape index (κ3) is 5.14. The highest BCUT2D eigenvalue weighted by Crippen LogP contribution is 2.26. The molecular weight excluding hydrogens is 389 g/mol. The zero-order valence-electron chi connectivity index (χ0n) is 16.9. The van der Waals surface area contributed by atoms with Crippen LogP contribution in [0.2, 0.25) is 0 Å². The lowest BCUT2D eigenvalue weighted by Gasteiger charge is -2.31. The molecular formula is C22H24FN3O4. The summed E-state index contributed by atoms with van der Waals surface area (Å²) in [7, 11) is 3.11. The number of hydrogen-bond acceptors (Lipinski definition) is 5. The van der Waals surface area contributed by atoms with E-state index >= 15 is 0 Å². The summed E-state index contributed by atoms with van der Waals surface area (Å²) in [4.78, 5) is 26.5. The van der Waals surface area contributed by atoms with E-state index in [-0.39, 0.29) is 23.5 Å². The lowest BCUT2D eigenvalue weighted by molar-refractivity contribution is -0.126. The van der Waals surface area contributed by atoms with Crippen molar-refractivity contribution < 1.29 is 23.5 Å². The molecule has 2 amide bonds. The van der Waals surface area contributed by atoms with Crippen molar-refractivity contribution in [2.75, 3.05) is 27.3 Å². The SMILES string of the molecule is COc1ccc(C=NNC(=O)C2CCN(C(=O)c3ccc(F)cc3)CC2)cc1OC. The zero-order chi connectivity index (χ0) is 21.5. The van der Waals surface area contributed by atoms with Gasteiger partial charge in [-0.25, -0.2) is 9.82 Å². The quantitative estimate of drug-likeness (QED) is 0.583. The number of amides is 2. The monoisotopic (exact) mass is 413 g/mol. The van der Waals surface area contributed by atoms with Crippen molar-refractivity contribution in [1.29, 1.82) is 0 Å². The van der Waals surface area contributed by atoms with E-state index in [1.54, 1.807) is 37.3 Å². The standard InChI is InChI=1S/C22H24FN3O4/c1-29-19-8-3-15(13-20(19)30-2)14-24-25-21(27)16-9-11-26(12-10-16)22(28)17-4-6-18(23)7-5-17/h3-8,13-14,16H,9-12H2,1-2H3,(H,25,27). The molecule has 0 saturated carbocycles. The third-order valence-corrected chi connectivity index (χ3v) is 5.04. The van der Waals surface area contributed by atoms with Gasteiger partial charge in [-0.05, 0) is 60.9 Å². The van der Waals surface area contributed by atoms with Gasteiger partial charge in [0.2, 0.25) is 5.91 Å². The largest absolute Gasteiger partial charge is 0.493 e. The molecule has 1 aliphatic rings. The van der Waals surface area contributed by atoms with Crippen molar-refractivity contribution >= 4 is 18.0 Å². The molecule has 0 bridgehead atoms. The van der Waals surface area contributed by atoms with Crippen LogP contribution >= 0.6 is 0 Å². The molecule has 158 valence electrons. The van der Waals surface area contributed by atoms with E-state index in [2.05, 4.69) is 10.5 Å². The molecule has 1 N–H and O–H groups in total. The lowest BCUT2D eigenvalue weighted by atomic mass is 9.95. The number of nitrogens with one attached hydrogen (secondary N) is 1. The van der Waals surface area contributed by atoms with Gasteiger partial charge >= 0.3 is 0 Å². The molecule has 2 aromatic rings. The maximum Gasteiger partial charge on any atom is 0.253 e. The van der Waals surface area contributed by atoms with Gasteiger partial charge in [0.25, 0.3) is 5.91 Å². The van der Waals surface area contributed by atoms with Gasteiger partial charge in [0.1, 0.15) is 5.82 Å². The van der Waals surface area contributed by atoms with Crippen LogP contribution in [0.3, 0.4) is 0 Å². The van der Waals surface area contributed by atoms with Crippen molar-refractivity contribution in [2.24, 2.45) is 11.0 Å². The predicted molar refractivity (Wildman–Crippen MR) is 110 cm³/mol. The number of rotatable bonds is 6. The van der Waals surface area contributed by atoms with Crippen LogP contribution in [0.15, 0.2) is 47.6 Å². The second-order valence-corrected chi connectivity index (χ2v) is 6.92. The summed E-state index contributed by atoms with van der Waals surface area (Å²) in [6, 6.07) is 10.8. The van der Waals surface area contributed by atoms with Gasteiger partial charge in [-0.15, -0.1) is 0 Å². The van der Waals surface area contributed by atoms with Crippen LogP contribution in [0, 0.1) is 11.7 Å². The molecule has 0 unspecified atom stereocenters. The van der Waals surface area contributed by atoms with Crippen LogP contribution < -0.4 is 14.9 Å². The van der Waals surface area contributed by atoms with Crippen LogP contribution in [0.25, 0.3) is 0 Å².